The molecule has 1 atom stereocenters. The highest BCUT2D eigenvalue weighted by molar-refractivity contribution is 6.60. The Morgan fingerprint density at radius 1 is 0.897 bits per heavy atom. The molecule has 1 unspecified atom stereocenters. The van der Waals surface area contributed by atoms with E-state index in [1.54, 1.807) is 36.4 Å². The Labute approximate surface area is 172 Å². The van der Waals surface area contributed by atoms with Gasteiger partial charge in [-0.2, -0.15) is 0 Å². The Morgan fingerprint density at radius 2 is 1.38 bits per heavy atom. The van der Waals surface area contributed by atoms with Gasteiger partial charge in [-0.3, -0.25) is 14.5 Å². The third-order valence-corrected chi connectivity index (χ3v) is 6.13. The predicted octanol–water partition coefficient (Wildman–Crippen LogP) is 3.57. The molecule has 1 aliphatic heterocycles. The lowest BCUT2D eigenvalue weighted by Gasteiger charge is -2.40. The van der Waals surface area contributed by atoms with Crippen LogP contribution < -0.4 is 5.46 Å². The van der Waals surface area contributed by atoms with Gasteiger partial charge in [0.2, 0.25) is 0 Å². The fraction of sp³-hybridized carbons (Fsp3) is 0.391. The largest absolute Gasteiger partial charge is 0.491 e. The van der Waals surface area contributed by atoms with Crippen LogP contribution in [0.5, 0.6) is 0 Å². The lowest BCUT2D eigenvalue weighted by Crippen LogP contribution is -2.48. The van der Waals surface area contributed by atoms with Crippen LogP contribution in [0.1, 0.15) is 73.9 Å². The van der Waals surface area contributed by atoms with Crippen LogP contribution in [0, 0.1) is 5.41 Å². The van der Waals surface area contributed by atoms with Crippen molar-refractivity contribution in [3.8, 4) is 0 Å². The second-order valence-corrected chi connectivity index (χ2v) is 9.10. The highest BCUT2D eigenvalue weighted by Gasteiger charge is 2.39. The minimum absolute atomic E-state index is 0.145. The molecule has 29 heavy (non-hydrogen) atoms. The number of hydrogen-bond acceptors (Lipinski definition) is 4. The van der Waals surface area contributed by atoms with E-state index in [0.717, 1.165) is 5.56 Å². The number of rotatable bonds is 5. The van der Waals surface area contributed by atoms with Crippen molar-refractivity contribution < 1.29 is 19.3 Å². The number of imide groups is 1. The Kier molecular flexibility index (Phi) is 5.45. The summed E-state index contributed by atoms with van der Waals surface area (Å²) in [6.07, 6.45) is 0. The fourth-order valence-electron chi connectivity index (χ4n) is 3.17. The summed E-state index contributed by atoms with van der Waals surface area (Å²) < 4.78 is 5.90. The van der Waals surface area contributed by atoms with Gasteiger partial charge < -0.3 is 9.68 Å². The smallest absolute Gasteiger partial charge is 0.423 e. The van der Waals surface area contributed by atoms with Gasteiger partial charge >= 0.3 is 7.12 Å². The standard InChI is InChI=1S/C23H28BNO4/c1-15(25-20(26)18-9-7-8-10-19(18)21(25)27)16-11-13-17(14-12-16)24(28)29-23(5,6)22(2,3)4/h7-15,28H,1-6H3. The van der Waals surface area contributed by atoms with Gasteiger partial charge in [0.15, 0.2) is 0 Å². The van der Waals surface area contributed by atoms with Crippen LogP contribution in [0.2, 0.25) is 0 Å². The molecule has 0 radical (unpaired) electrons. The Hall–Kier alpha value is -2.44. The van der Waals surface area contributed by atoms with Crippen molar-refractivity contribution in [1.82, 2.24) is 4.90 Å². The molecule has 2 aromatic carbocycles. The number of benzene rings is 2. The first-order valence-electron chi connectivity index (χ1n) is 9.87. The topological polar surface area (TPSA) is 66.8 Å². The van der Waals surface area contributed by atoms with Crippen LogP contribution in [0.3, 0.4) is 0 Å². The molecule has 0 saturated carbocycles. The SMILES string of the molecule is CC(c1ccc(B(O)OC(C)(C)C(C)(C)C)cc1)N1C(=O)c2ccccc2C1=O. The molecule has 1 heterocycles. The summed E-state index contributed by atoms with van der Waals surface area (Å²) in [5, 5.41) is 10.5. The second-order valence-electron chi connectivity index (χ2n) is 9.10. The number of nitrogens with zero attached hydrogens (tertiary/aromatic N) is 1. The lowest BCUT2D eigenvalue weighted by atomic mass is 9.73. The van der Waals surface area contributed by atoms with Crippen LogP contribution in [-0.4, -0.2) is 34.5 Å². The summed E-state index contributed by atoms with van der Waals surface area (Å²) >= 11 is 0. The Morgan fingerprint density at radius 3 is 1.83 bits per heavy atom. The molecule has 5 nitrogen and oxygen atoms in total. The Balaban J connectivity index is 1.77. The first-order valence-corrected chi connectivity index (χ1v) is 9.87. The third-order valence-electron chi connectivity index (χ3n) is 6.13. The molecular weight excluding hydrogens is 365 g/mol. The molecule has 2 amide bonds. The summed E-state index contributed by atoms with van der Waals surface area (Å²) in [5.41, 5.74) is 1.64. The van der Waals surface area contributed by atoms with Gasteiger partial charge in [0.05, 0.1) is 22.8 Å². The molecule has 152 valence electrons. The van der Waals surface area contributed by atoms with Crippen LogP contribution >= 0.6 is 0 Å². The summed E-state index contributed by atoms with van der Waals surface area (Å²) in [7, 11) is -1.06. The minimum Gasteiger partial charge on any atom is -0.423 e. The summed E-state index contributed by atoms with van der Waals surface area (Å²) in [6.45, 7) is 11.9. The Bertz CT molecular complexity index is 896. The van der Waals surface area contributed by atoms with E-state index in [-0.39, 0.29) is 17.2 Å². The third kappa shape index (κ3) is 3.87. The van der Waals surface area contributed by atoms with Crippen LogP contribution in [0.25, 0.3) is 0 Å². The molecule has 0 saturated heterocycles. The fourth-order valence-corrected chi connectivity index (χ4v) is 3.17. The van der Waals surface area contributed by atoms with Gasteiger partial charge in [0.25, 0.3) is 11.8 Å². The highest BCUT2D eigenvalue weighted by atomic mass is 16.5. The number of carbonyl (C=O) groups is 2. The maximum atomic E-state index is 12.7. The van der Waals surface area contributed by atoms with E-state index in [9.17, 15) is 14.6 Å². The monoisotopic (exact) mass is 393 g/mol. The summed E-state index contributed by atoms with van der Waals surface area (Å²) in [5.74, 6) is -0.560. The molecule has 0 aromatic heterocycles. The molecule has 0 fully saturated rings. The second kappa shape index (κ2) is 7.43. The molecule has 0 bridgehead atoms. The molecule has 3 rings (SSSR count). The van der Waals surface area contributed by atoms with Crippen LogP contribution in [0.4, 0.5) is 0 Å². The first kappa shape index (κ1) is 21.3. The summed E-state index contributed by atoms with van der Waals surface area (Å²) in [4.78, 5) is 26.7. The minimum atomic E-state index is -1.06. The zero-order valence-corrected chi connectivity index (χ0v) is 17.9. The van der Waals surface area contributed by atoms with Crippen molar-refractivity contribution in [2.24, 2.45) is 5.41 Å². The maximum absolute atomic E-state index is 12.7. The molecule has 6 heteroatoms. The molecule has 2 aromatic rings. The van der Waals surface area contributed by atoms with Crippen molar-refractivity contribution in [2.75, 3.05) is 0 Å². The zero-order chi connectivity index (χ0) is 21.6. The van der Waals surface area contributed by atoms with E-state index in [0.29, 0.717) is 16.6 Å². The first-order chi connectivity index (χ1) is 13.4. The van der Waals surface area contributed by atoms with Crippen molar-refractivity contribution in [3.05, 3.63) is 65.2 Å². The van der Waals surface area contributed by atoms with Crippen LogP contribution in [0.15, 0.2) is 48.5 Å². The van der Waals surface area contributed by atoms with Crippen LogP contribution in [-0.2, 0) is 4.65 Å². The van der Waals surface area contributed by atoms with Crippen molar-refractivity contribution >= 4 is 24.4 Å². The number of amides is 2. The van der Waals surface area contributed by atoms with Gasteiger partial charge in [-0.15, -0.1) is 0 Å². The number of hydrogen-bond donors (Lipinski definition) is 1. The van der Waals surface area contributed by atoms with E-state index in [4.69, 9.17) is 4.65 Å². The van der Waals surface area contributed by atoms with E-state index in [1.165, 1.54) is 4.90 Å². The maximum Gasteiger partial charge on any atom is 0.491 e. The van der Waals surface area contributed by atoms with Crippen molar-refractivity contribution in [1.29, 1.82) is 0 Å². The molecule has 0 spiro atoms. The highest BCUT2D eigenvalue weighted by Crippen LogP contribution is 2.33. The van der Waals surface area contributed by atoms with E-state index >= 15 is 0 Å². The zero-order valence-electron chi connectivity index (χ0n) is 17.9. The van der Waals surface area contributed by atoms with Gasteiger partial charge in [0, 0.05) is 0 Å². The number of fused-ring (bicyclic) bond motifs is 1. The van der Waals surface area contributed by atoms with Gasteiger partial charge in [-0.25, -0.2) is 0 Å². The number of carbonyl (C=O) groups excluding carboxylic acids is 2. The van der Waals surface area contributed by atoms with Gasteiger partial charge in [-0.05, 0) is 49.3 Å². The van der Waals surface area contributed by atoms with Crippen molar-refractivity contribution in [3.63, 3.8) is 0 Å². The van der Waals surface area contributed by atoms with E-state index in [1.807, 2.05) is 32.9 Å². The van der Waals surface area contributed by atoms with E-state index < -0.39 is 18.8 Å². The average Bonchev–Trinajstić information content (AvgIpc) is 2.91. The van der Waals surface area contributed by atoms with Gasteiger partial charge in [0.1, 0.15) is 0 Å². The molecule has 0 aliphatic carbocycles. The average molecular weight is 393 g/mol. The predicted molar refractivity (Wildman–Crippen MR) is 114 cm³/mol. The normalized spacial score (nSPS) is 15.5. The quantitative estimate of drug-likeness (QED) is 0.623. The van der Waals surface area contributed by atoms with E-state index in [2.05, 4.69) is 20.8 Å². The molecule has 1 N–H and O–H groups in total. The molecule has 1 aliphatic rings. The van der Waals surface area contributed by atoms with Gasteiger partial charge in [-0.1, -0.05) is 57.2 Å². The molecular formula is C23H28BNO4. The summed E-state index contributed by atoms with van der Waals surface area (Å²) in [6, 6.07) is 13.6. The van der Waals surface area contributed by atoms with Crippen molar-refractivity contribution in [2.45, 2.75) is 53.2 Å². The lowest BCUT2D eigenvalue weighted by molar-refractivity contribution is -0.0129.